The third-order valence-electron chi connectivity index (χ3n) is 3.17. The Morgan fingerprint density at radius 2 is 1.81 bits per heavy atom. The molecule has 1 unspecified atom stereocenters. The molecule has 2 aromatic rings. The molecule has 0 radical (unpaired) electrons. The summed E-state index contributed by atoms with van der Waals surface area (Å²) in [5.41, 5.74) is 0.565. The van der Waals surface area contributed by atoms with Crippen LogP contribution in [0.5, 0.6) is 0 Å². The molecule has 108 valence electrons. The van der Waals surface area contributed by atoms with Crippen molar-refractivity contribution in [3.8, 4) is 0 Å². The fourth-order valence-electron chi connectivity index (χ4n) is 2.27. The first-order valence-corrected chi connectivity index (χ1v) is 7.25. The first-order chi connectivity index (χ1) is 10.1. The number of benzene rings is 2. The zero-order chi connectivity index (χ0) is 15.0. The van der Waals surface area contributed by atoms with E-state index in [1.165, 1.54) is 40.9 Å². The summed E-state index contributed by atoms with van der Waals surface area (Å²) < 4.78 is 40.3. The fraction of sp³-hybridized carbons (Fsp3) is 0.133. The van der Waals surface area contributed by atoms with E-state index in [2.05, 4.69) is 0 Å². The van der Waals surface area contributed by atoms with Gasteiger partial charge in [-0.3, -0.25) is 9.69 Å². The van der Waals surface area contributed by atoms with Gasteiger partial charge in [-0.25, -0.2) is 13.2 Å². The van der Waals surface area contributed by atoms with Gasteiger partial charge in [-0.05, 0) is 29.8 Å². The highest BCUT2D eigenvalue weighted by molar-refractivity contribution is 8.00. The van der Waals surface area contributed by atoms with E-state index in [4.69, 9.17) is 0 Å². The molecule has 1 aliphatic heterocycles. The van der Waals surface area contributed by atoms with Gasteiger partial charge in [0.2, 0.25) is 5.91 Å². The molecule has 6 heteroatoms. The standard InChI is InChI=1S/C15H10F3NOS/c16-10-3-1-2-9(6-10)15-19(14(20)8-21-15)13-5-4-11(17)7-12(13)18/h1-7,15H,8H2. The van der Waals surface area contributed by atoms with Gasteiger partial charge in [0, 0.05) is 6.07 Å². The first kappa shape index (κ1) is 14.0. The molecule has 0 spiro atoms. The van der Waals surface area contributed by atoms with Gasteiger partial charge in [-0.15, -0.1) is 11.8 Å². The zero-order valence-electron chi connectivity index (χ0n) is 10.7. The minimum Gasteiger partial charge on any atom is -0.292 e. The predicted molar refractivity (Wildman–Crippen MR) is 75.4 cm³/mol. The van der Waals surface area contributed by atoms with Crippen molar-refractivity contribution in [1.82, 2.24) is 0 Å². The summed E-state index contributed by atoms with van der Waals surface area (Å²) in [7, 11) is 0. The number of hydrogen-bond acceptors (Lipinski definition) is 2. The number of anilines is 1. The van der Waals surface area contributed by atoms with Crippen LogP contribution in [0.1, 0.15) is 10.9 Å². The number of rotatable bonds is 2. The molecule has 1 atom stereocenters. The van der Waals surface area contributed by atoms with Crippen LogP contribution in [-0.2, 0) is 4.79 Å². The van der Waals surface area contributed by atoms with Crippen molar-refractivity contribution in [3.05, 3.63) is 65.5 Å². The number of amides is 1. The molecule has 1 saturated heterocycles. The second-order valence-corrected chi connectivity index (χ2v) is 5.65. The van der Waals surface area contributed by atoms with Gasteiger partial charge < -0.3 is 0 Å². The van der Waals surface area contributed by atoms with E-state index >= 15 is 0 Å². The summed E-state index contributed by atoms with van der Waals surface area (Å²) in [5, 5.41) is -0.520. The Morgan fingerprint density at radius 3 is 2.52 bits per heavy atom. The Hall–Kier alpha value is -1.95. The Balaban J connectivity index is 2.04. The minimum atomic E-state index is -0.813. The van der Waals surface area contributed by atoms with Gasteiger partial charge in [-0.1, -0.05) is 12.1 Å². The van der Waals surface area contributed by atoms with Crippen molar-refractivity contribution in [2.24, 2.45) is 0 Å². The van der Waals surface area contributed by atoms with Crippen LogP contribution in [-0.4, -0.2) is 11.7 Å². The van der Waals surface area contributed by atoms with Gasteiger partial charge >= 0.3 is 0 Å². The SMILES string of the molecule is O=C1CSC(c2cccc(F)c2)N1c1ccc(F)cc1F. The lowest BCUT2D eigenvalue weighted by atomic mass is 10.1. The first-order valence-electron chi connectivity index (χ1n) is 6.20. The smallest absolute Gasteiger partial charge is 0.238 e. The van der Waals surface area contributed by atoms with Gasteiger partial charge in [-0.2, -0.15) is 0 Å². The monoisotopic (exact) mass is 309 g/mol. The Morgan fingerprint density at radius 1 is 1.05 bits per heavy atom. The van der Waals surface area contributed by atoms with Crippen molar-refractivity contribution in [3.63, 3.8) is 0 Å². The summed E-state index contributed by atoms with van der Waals surface area (Å²) in [6.07, 6.45) is 0. The molecule has 1 aliphatic rings. The Kier molecular flexibility index (Phi) is 3.63. The van der Waals surface area contributed by atoms with Crippen LogP contribution in [0.4, 0.5) is 18.9 Å². The van der Waals surface area contributed by atoms with E-state index in [9.17, 15) is 18.0 Å². The average Bonchev–Trinajstić information content (AvgIpc) is 2.81. The highest BCUT2D eigenvalue weighted by atomic mass is 32.2. The van der Waals surface area contributed by atoms with E-state index in [0.29, 0.717) is 5.56 Å². The highest BCUT2D eigenvalue weighted by Gasteiger charge is 2.35. The quantitative estimate of drug-likeness (QED) is 0.839. The zero-order valence-corrected chi connectivity index (χ0v) is 11.5. The van der Waals surface area contributed by atoms with Crippen molar-refractivity contribution < 1.29 is 18.0 Å². The highest BCUT2D eigenvalue weighted by Crippen LogP contribution is 2.42. The van der Waals surface area contributed by atoms with Crippen molar-refractivity contribution in [2.75, 3.05) is 10.7 Å². The molecule has 2 nitrogen and oxygen atoms in total. The van der Waals surface area contributed by atoms with Gasteiger partial charge in [0.1, 0.15) is 22.8 Å². The molecule has 21 heavy (non-hydrogen) atoms. The number of thioether (sulfide) groups is 1. The maximum Gasteiger partial charge on any atom is 0.238 e. The van der Waals surface area contributed by atoms with Gasteiger partial charge in [0.25, 0.3) is 0 Å². The normalized spacial score (nSPS) is 18.3. The Bertz CT molecular complexity index is 707. The number of carbonyl (C=O) groups is 1. The van der Waals surface area contributed by atoms with E-state index in [1.54, 1.807) is 6.07 Å². The maximum atomic E-state index is 13.9. The third-order valence-corrected chi connectivity index (χ3v) is 4.38. The minimum absolute atomic E-state index is 0.000612. The topological polar surface area (TPSA) is 20.3 Å². The summed E-state index contributed by atoms with van der Waals surface area (Å²) in [6, 6.07) is 8.87. The number of nitrogens with zero attached hydrogens (tertiary/aromatic N) is 1. The van der Waals surface area contributed by atoms with Gasteiger partial charge in [0.05, 0.1) is 11.4 Å². The lowest BCUT2D eigenvalue weighted by molar-refractivity contribution is -0.115. The molecule has 2 aromatic carbocycles. The molecule has 1 fully saturated rings. The molecule has 1 heterocycles. The van der Waals surface area contributed by atoms with E-state index in [1.807, 2.05) is 0 Å². The molecule has 0 saturated carbocycles. The van der Waals surface area contributed by atoms with Gasteiger partial charge in [0.15, 0.2) is 0 Å². The number of halogens is 3. The molecule has 0 bridgehead atoms. The Labute approximate surface area is 123 Å². The average molecular weight is 309 g/mol. The van der Waals surface area contributed by atoms with Crippen molar-refractivity contribution in [2.45, 2.75) is 5.37 Å². The maximum absolute atomic E-state index is 13.9. The van der Waals surface area contributed by atoms with E-state index in [-0.39, 0.29) is 17.3 Å². The molecule has 3 rings (SSSR count). The predicted octanol–water partition coefficient (Wildman–Crippen LogP) is 3.88. The molecular formula is C15H10F3NOS. The summed E-state index contributed by atoms with van der Waals surface area (Å²) in [4.78, 5) is 13.3. The molecular weight excluding hydrogens is 299 g/mol. The van der Waals surface area contributed by atoms with Crippen LogP contribution in [0.3, 0.4) is 0 Å². The van der Waals surface area contributed by atoms with Crippen LogP contribution in [0.25, 0.3) is 0 Å². The van der Waals surface area contributed by atoms with Crippen LogP contribution >= 0.6 is 11.8 Å². The summed E-state index contributed by atoms with van der Waals surface area (Å²) in [6.45, 7) is 0. The number of hydrogen-bond donors (Lipinski definition) is 0. The lowest BCUT2D eigenvalue weighted by Crippen LogP contribution is -2.28. The molecule has 0 aliphatic carbocycles. The third kappa shape index (κ3) is 2.63. The van der Waals surface area contributed by atoms with Crippen molar-refractivity contribution in [1.29, 1.82) is 0 Å². The van der Waals surface area contributed by atoms with Crippen LogP contribution < -0.4 is 4.90 Å². The molecule has 0 aromatic heterocycles. The van der Waals surface area contributed by atoms with E-state index in [0.717, 1.165) is 12.1 Å². The number of carbonyl (C=O) groups excluding carboxylic acids is 1. The van der Waals surface area contributed by atoms with Crippen LogP contribution in [0, 0.1) is 17.5 Å². The second-order valence-electron chi connectivity index (χ2n) is 4.58. The largest absolute Gasteiger partial charge is 0.292 e. The second kappa shape index (κ2) is 5.44. The fourth-order valence-corrected chi connectivity index (χ4v) is 3.43. The molecule has 0 N–H and O–H groups in total. The molecule has 1 amide bonds. The van der Waals surface area contributed by atoms with E-state index < -0.39 is 22.8 Å². The van der Waals surface area contributed by atoms with Crippen molar-refractivity contribution >= 4 is 23.4 Å². The van der Waals surface area contributed by atoms with Crippen LogP contribution in [0.15, 0.2) is 42.5 Å². The van der Waals surface area contributed by atoms with Crippen LogP contribution in [0.2, 0.25) is 0 Å². The lowest BCUT2D eigenvalue weighted by Gasteiger charge is -2.24. The summed E-state index contributed by atoms with van der Waals surface area (Å²) >= 11 is 1.28. The summed E-state index contributed by atoms with van der Waals surface area (Å²) in [5.74, 6) is -2.07.